The lowest BCUT2D eigenvalue weighted by Crippen LogP contribution is -2.56. The molecule has 1 aromatic carbocycles. The van der Waals surface area contributed by atoms with Crippen LogP contribution >= 0.6 is 0 Å². The number of amides is 3. The number of hydrogen-bond acceptors (Lipinski definition) is 6. The Hall–Kier alpha value is -2.81. The molecule has 0 radical (unpaired) electrons. The Morgan fingerprint density at radius 1 is 1.12 bits per heavy atom. The first-order valence-corrected chi connectivity index (χ1v) is 10.8. The van der Waals surface area contributed by atoms with Crippen LogP contribution < -0.4 is 10.6 Å². The van der Waals surface area contributed by atoms with Crippen LogP contribution in [0.5, 0.6) is 5.75 Å². The van der Waals surface area contributed by atoms with Crippen molar-refractivity contribution in [3.63, 3.8) is 0 Å². The van der Waals surface area contributed by atoms with E-state index in [1.807, 2.05) is 20.8 Å². The third-order valence-corrected chi connectivity index (χ3v) is 4.62. The Kier molecular flexibility index (Phi) is 7.77. The molecule has 0 heterocycles. The molecule has 9 heteroatoms. The Labute approximate surface area is 189 Å². The summed E-state index contributed by atoms with van der Waals surface area (Å²) in [7, 11) is 0. The van der Waals surface area contributed by atoms with Crippen molar-refractivity contribution in [1.82, 2.24) is 15.5 Å². The van der Waals surface area contributed by atoms with Crippen molar-refractivity contribution in [2.75, 3.05) is 6.61 Å². The standard InChI is InChI=1S/C23H35N3O6/c1-22(2,3)25-19(29)18(15-9-7-8-10-17(15)28)26(14-11-12-14)20(30)16(13-27)24-21(31)32-23(4,5)6/h7-10,14,16,18,27-28H,11-13H2,1-6H3,(H,24,31)(H,25,29). The molecule has 4 N–H and O–H groups in total. The van der Waals surface area contributed by atoms with E-state index in [-0.39, 0.29) is 17.4 Å². The van der Waals surface area contributed by atoms with Gasteiger partial charge in [-0.15, -0.1) is 0 Å². The molecule has 0 bridgehead atoms. The van der Waals surface area contributed by atoms with Crippen LogP contribution in [0.25, 0.3) is 0 Å². The van der Waals surface area contributed by atoms with Crippen molar-refractivity contribution in [1.29, 1.82) is 0 Å². The molecule has 0 saturated heterocycles. The Morgan fingerprint density at radius 2 is 1.72 bits per heavy atom. The smallest absolute Gasteiger partial charge is 0.408 e. The van der Waals surface area contributed by atoms with E-state index in [0.29, 0.717) is 12.8 Å². The van der Waals surface area contributed by atoms with Crippen LogP contribution in [0, 0.1) is 0 Å². The van der Waals surface area contributed by atoms with Gasteiger partial charge in [-0.1, -0.05) is 18.2 Å². The Balaban J connectivity index is 2.41. The van der Waals surface area contributed by atoms with Crippen molar-refractivity contribution in [2.45, 2.75) is 83.6 Å². The van der Waals surface area contributed by atoms with Gasteiger partial charge in [0.1, 0.15) is 23.4 Å². The molecule has 1 fully saturated rings. The number of aliphatic hydroxyl groups excluding tert-OH is 1. The number of phenolic OH excluding ortho intramolecular Hbond substituents is 1. The fourth-order valence-electron chi connectivity index (χ4n) is 3.26. The van der Waals surface area contributed by atoms with Gasteiger partial charge in [0.25, 0.3) is 0 Å². The van der Waals surface area contributed by atoms with E-state index in [0.717, 1.165) is 0 Å². The highest BCUT2D eigenvalue weighted by Crippen LogP contribution is 2.38. The van der Waals surface area contributed by atoms with Gasteiger partial charge in [0.05, 0.1) is 6.61 Å². The minimum absolute atomic E-state index is 0.124. The summed E-state index contributed by atoms with van der Waals surface area (Å²) in [6.45, 7) is 9.83. The number of rotatable bonds is 7. The van der Waals surface area contributed by atoms with Crippen LogP contribution in [0.2, 0.25) is 0 Å². The third-order valence-electron chi connectivity index (χ3n) is 4.62. The number of alkyl carbamates (subject to hydrolysis) is 1. The molecule has 178 valence electrons. The van der Waals surface area contributed by atoms with Gasteiger partial charge in [-0.2, -0.15) is 0 Å². The molecule has 0 aromatic heterocycles. The Bertz CT molecular complexity index is 839. The normalized spacial score (nSPS) is 16.0. The average Bonchev–Trinajstić information content (AvgIpc) is 3.46. The fourth-order valence-corrected chi connectivity index (χ4v) is 3.26. The van der Waals surface area contributed by atoms with E-state index in [2.05, 4.69) is 10.6 Å². The number of hydrogen-bond donors (Lipinski definition) is 4. The molecule has 1 aromatic rings. The Morgan fingerprint density at radius 3 is 2.19 bits per heavy atom. The molecule has 1 saturated carbocycles. The van der Waals surface area contributed by atoms with E-state index >= 15 is 0 Å². The fraction of sp³-hybridized carbons (Fsp3) is 0.609. The lowest BCUT2D eigenvalue weighted by Gasteiger charge is -2.36. The monoisotopic (exact) mass is 449 g/mol. The lowest BCUT2D eigenvalue weighted by molar-refractivity contribution is -0.144. The zero-order valence-corrected chi connectivity index (χ0v) is 19.6. The number of aromatic hydroxyl groups is 1. The topological polar surface area (TPSA) is 128 Å². The van der Waals surface area contributed by atoms with E-state index in [9.17, 15) is 24.6 Å². The first-order chi connectivity index (χ1) is 14.7. The summed E-state index contributed by atoms with van der Waals surface area (Å²) in [5.41, 5.74) is -1.10. The van der Waals surface area contributed by atoms with E-state index in [1.165, 1.54) is 11.0 Å². The van der Waals surface area contributed by atoms with Crippen LogP contribution in [-0.2, 0) is 14.3 Å². The minimum atomic E-state index is -1.30. The molecule has 2 unspecified atom stereocenters. The van der Waals surface area contributed by atoms with Crippen molar-refractivity contribution in [2.24, 2.45) is 0 Å². The molecule has 3 amide bonds. The van der Waals surface area contributed by atoms with Gasteiger partial charge < -0.3 is 30.5 Å². The summed E-state index contributed by atoms with van der Waals surface area (Å²) in [5, 5.41) is 25.6. The van der Waals surface area contributed by atoms with Gasteiger partial charge in [0, 0.05) is 17.1 Å². The van der Waals surface area contributed by atoms with Crippen molar-refractivity contribution in [3.8, 4) is 5.75 Å². The second-order valence-corrected chi connectivity index (χ2v) is 10.1. The van der Waals surface area contributed by atoms with Gasteiger partial charge in [-0.05, 0) is 60.5 Å². The first-order valence-electron chi connectivity index (χ1n) is 10.8. The zero-order chi connectivity index (χ0) is 24.3. The maximum absolute atomic E-state index is 13.5. The van der Waals surface area contributed by atoms with Crippen LogP contribution in [0.1, 0.15) is 66.0 Å². The van der Waals surface area contributed by atoms with Gasteiger partial charge in [0.15, 0.2) is 0 Å². The maximum Gasteiger partial charge on any atom is 0.408 e. The molecular formula is C23H35N3O6. The van der Waals surface area contributed by atoms with Crippen molar-refractivity contribution < 1.29 is 29.3 Å². The number of benzene rings is 1. The predicted octanol–water partition coefficient (Wildman–Crippen LogP) is 2.22. The number of para-hydroxylation sites is 1. The number of carbonyl (C=O) groups is 3. The number of phenols is 1. The SMILES string of the molecule is CC(C)(C)NC(=O)C(c1ccccc1O)N(C(=O)C(CO)NC(=O)OC(C)(C)C)C1CC1. The molecule has 2 rings (SSSR count). The summed E-state index contributed by atoms with van der Waals surface area (Å²) >= 11 is 0. The van der Waals surface area contributed by atoms with Gasteiger partial charge in [-0.25, -0.2) is 4.79 Å². The summed E-state index contributed by atoms with van der Waals surface area (Å²) in [5.74, 6) is -1.22. The maximum atomic E-state index is 13.5. The average molecular weight is 450 g/mol. The van der Waals surface area contributed by atoms with Crippen LogP contribution in [0.3, 0.4) is 0 Å². The highest BCUT2D eigenvalue weighted by molar-refractivity contribution is 5.93. The molecule has 1 aliphatic carbocycles. The van der Waals surface area contributed by atoms with E-state index in [4.69, 9.17) is 4.74 Å². The number of ether oxygens (including phenoxy) is 1. The number of nitrogens with zero attached hydrogens (tertiary/aromatic N) is 1. The first kappa shape index (κ1) is 25.5. The zero-order valence-electron chi connectivity index (χ0n) is 19.6. The van der Waals surface area contributed by atoms with Gasteiger partial charge >= 0.3 is 6.09 Å². The molecule has 1 aliphatic rings. The van der Waals surface area contributed by atoms with Crippen LogP contribution in [0.15, 0.2) is 24.3 Å². The predicted molar refractivity (Wildman–Crippen MR) is 119 cm³/mol. The molecule has 32 heavy (non-hydrogen) atoms. The van der Waals surface area contributed by atoms with Crippen LogP contribution in [0.4, 0.5) is 4.79 Å². The molecule has 0 spiro atoms. The van der Waals surface area contributed by atoms with Crippen molar-refractivity contribution >= 4 is 17.9 Å². The molecule has 9 nitrogen and oxygen atoms in total. The molecule has 0 aliphatic heterocycles. The third kappa shape index (κ3) is 7.12. The van der Waals surface area contributed by atoms with Gasteiger partial charge in [-0.3, -0.25) is 9.59 Å². The summed E-state index contributed by atoms with van der Waals surface area (Å²) in [6.07, 6.45) is 0.491. The number of nitrogens with one attached hydrogen (secondary N) is 2. The van der Waals surface area contributed by atoms with Gasteiger partial charge in [0.2, 0.25) is 11.8 Å². The number of carbonyl (C=O) groups excluding carboxylic acids is 3. The highest BCUT2D eigenvalue weighted by Gasteiger charge is 2.45. The number of aliphatic hydroxyl groups is 1. The van der Waals surface area contributed by atoms with E-state index in [1.54, 1.807) is 39.0 Å². The minimum Gasteiger partial charge on any atom is -0.508 e. The largest absolute Gasteiger partial charge is 0.508 e. The quantitative estimate of drug-likeness (QED) is 0.505. The molecule has 2 atom stereocenters. The van der Waals surface area contributed by atoms with Crippen molar-refractivity contribution in [3.05, 3.63) is 29.8 Å². The summed E-state index contributed by atoms with van der Waals surface area (Å²) in [4.78, 5) is 40.4. The lowest BCUT2D eigenvalue weighted by atomic mass is 9.99. The summed E-state index contributed by atoms with van der Waals surface area (Å²) in [6, 6.07) is 3.63. The second-order valence-electron chi connectivity index (χ2n) is 10.1. The van der Waals surface area contributed by atoms with Crippen LogP contribution in [-0.4, -0.2) is 62.9 Å². The second kappa shape index (κ2) is 9.77. The summed E-state index contributed by atoms with van der Waals surface area (Å²) < 4.78 is 5.20. The molecular weight excluding hydrogens is 414 g/mol. The highest BCUT2D eigenvalue weighted by atomic mass is 16.6. The van der Waals surface area contributed by atoms with E-state index < -0.39 is 47.7 Å².